The summed E-state index contributed by atoms with van der Waals surface area (Å²) in [7, 11) is 1.97. The average Bonchev–Trinajstić information content (AvgIpc) is 3.04. The van der Waals surface area contributed by atoms with Gasteiger partial charge in [0.25, 0.3) is 5.91 Å². The van der Waals surface area contributed by atoms with Crippen molar-refractivity contribution in [1.29, 1.82) is 0 Å². The van der Waals surface area contributed by atoms with E-state index in [2.05, 4.69) is 16.8 Å². The Balaban J connectivity index is 1.56. The average molecular weight is 404 g/mol. The number of halogens is 4. The minimum atomic E-state index is -4.78. The van der Waals surface area contributed by atoms with Gasteiger partial charge in [0.05, 0.1) is 11.1 Å². The van der Waals surface area contributed by atoms with Gasteiger partial charge >= 0.3 is 6.18 Å². The Hall–Kier alpha value is -2.83. The molecule has 1 saturated heterocycles. The van der Waals surface area contributed by atoms with Crippen LogP contribution in [0.1, 0.15) is 40.2 Å². The fourth-order valence-corrected chi connectivity index (χ4v) is 4.23. The normalized spacial score (nSPS) is 15.8. The summed E-state index contributed by atoms with van der Waals surface area (Å²) in [6, 6.07) is 10.7. The summed E-state index contributed by atoms with van der Waals surface area (Å²) in [5, 5.41) is 1.15. The molecule has 1 aliphatic rings. The van der Waals surface area contributed by atoms with Crippen LogP contribution in [-0.4, -0.2) is 28.5 Å². The van der Waals surface area contributed by atoms with Gasteiger partial charge in [0, 0.05) is 37.2 Å². The van der Waals surface area contributed by atoms with Gasteiger partial charge in [0.1, 0.15) is 5.82 Å². The molecule has 0 saturated carbocycles. The van der Waals surface area contributed by atoms with Gasteiger partial charge in [-0.15, -0.1) is 0 Å². The van der Waals surface area contributed by atoms with Crippen LogP contribution in [0.2, 0.25) is 0 Å². The molecule has 0 unspecified atom stereocenters. The summed E-state index contributed by atoms with van der Waals surface area (Å²) >= 11 is 0. The van der Waals surface area contributed by atoms with Crippen LogP contribution < -0.4 is 0 Å². The first-order valence-corrected chi connectivity index (χ1v) is 9.46. The molecule has 3 aromatic rings. The Kier molecular flexibility index (Phi) is 4.84. The molecule has 0 N–H and O–H groups in total. The van der Waals surface area contributed by atoms with E-state index in [4.69, 9.17) is 0 Å². The van der Waals surface area contributed by atoms with Crippen LogP contribution in [0, 0.1) is 5.82 Å². The second kappa shape index (κ2) is 7.21. The van der Waals surface area contributed by atoms with Crippen molar-refractivity contribution in [2.75, 3.05) is 13.1 Å². The molecule has 1 fully saturated rings. The van der Waals surface area contributed by atoms with E-state index in [9.17, 15) is 22.4 Å². The molecule has 7 heteroatoms. The lowest BCUT2D eigenvalue weighted by Crippen LogP contribution is -2.39. The number of para-hydroxylation sites is 1. The smallest absolute Gasteiger partial charge is 0.350 e. The third-order valence-corrected chi connectivity index (χ3v) is 5.68. The molecule has 152 valence electrons. The monoisotopic (exact) mass is 404 g/mol. The first-order valence-electron chi connectivity index (χ1n) is 9.46. The lowest BCUT2D eigenvalue weighted by atomic mass is 9.89. The van der Waals surface area contributed by atoms with Crippen molar-refractivity contribution < 1.29 is 22.4 Å². The van der Waals surface area contributed by atoms with E-state index in [0.717, 1.165) is 29.1 Å². The zero-order valence-corrected chi connectivity index (χ0v) is 15.8. The van der Waals surface area contributed by atoms with E-state index in [1.165, 1.54) is 10.5 Å². The van der Waals surface area contributed by atoms with E-state index in [0.29, 0.717) is 25.9 Å². The maximum Gasteiger partial charge on any atom is 0.417 e. The standard InChI is InChI=1S/C22H20F4N2O/c1-27-13-16(15-5-2-3-8-19(15)27)14-9-11-28(12-10-14)21(29)20-17(22(24,25)26)6-4-7-18(20)23/h2-8,13-14H,9-12H2,1H3. The first kappa shape index (κ1) is 19.5. The molecule has 2 heterocycles. The highest BCUT2D eigenvalue weighted by molar-refractivity contribution is 5.96. The van der Waals surface area contributed by atoms with E-state index >= 15 is 0 Å². The lowest BCUT2D eigenvalue weighted by molar-refractivity contribution is -0.138. The largest absolute Gasteiger partial charge is 0.417 e. The Bertz CT molecular complexity index is 1060. The van der Waals surface area contributed by atoms with Gasteiger partial charge in [-0.25, -0.2) is 4.39 Å². The highest BCUT2D eigenvalue weighted by atomic mass is 19.4. The summed E-state index contributed by atoms with van der Waals surface area (Å²) in [6.45, 7) is 0.580. The molecular formula is C22H20F4N2O. The highest BCUT2D eigenvalue weighted by Crippen LogP contribution is 2.37. The molecule has 0 radical (unpaired) electrons. The Morgan fingerprint density at radius 2 is 1.72 bits per heavy atom. The van der Waals surface area contributed by atoms with Gasteiger partial charge in [0.2, 0.25) is 0 Å². The van der Waals surface area contributed by atoms with Gasteiger partial charge in [-0.1, -0.05) is 24.3 Å². The number of amides is 1. The van der Waals surface area contributed by atoms with Crippen LogP contribution in [0.3, 0.4) is 0 Å². The number of nitrogens with zero attached hydrogens (tertiary/aromatic N) is 2. The highest BCUT2D eigenvalue weighted by Gasteiger charge is 2.38. The van der Waals surface area contributed by atoms with Crippen LogP contribution in [0.4, 0.5) is 17.6 Å². The van der Waals surface area contributed by atoms with Gasteiger partial charge in [-0.05, 0) is 42.5 Å². The van der Waals surface area contributed by atoms with E-state index < -0.39 is 29.0 Å². The molecule has 1 amide bonds. The van der Waals surface area contributed by atoms with Crippen molar-refractivity contribution in [3.8, 4) is 0 Å². The predicted octanol–water partition coefficient (Wildman–Crippen LogP) is 5.36. The summed E-state index contributed by atoms with van der Waals surface area (Å²) in [5.74, 6) is -1.83. The molecule has 1 aromatic heterocycles. The number of rotatable bonds is 2. The van der Waals surface area contributed by atoms with Gasteiger partial charge in [-0.2, -0.15) is 13.2 Å². The van der Waals surface area contributed by atoms with Crippen molar-refractivity contribution in [3.05, 3.63) is 71.2 Å². The molecule has 3 nitrogen and oxygen atoms in total. The first-order chi connectivity index (χ1) is 13.8. The predicted molar refractivity (Wildman–Crippen MR) is 102 cm³/mol. The number of fused-ring (bicyclic) bond motifs is 1. The van der Waals surface area contributed by atoms with Crippen molar-refractivity contribution in [2.24, 2.45) is 7.05 Å². The molecule has 0 spiro atoms. The van der Waals surface area contributed by atoms with Gasteiger partial charge in [-0.3, -0.25) is 4.79 Å². The number of hydrogen-bond donors (Lipinski definition) is 0. The van der Waals surface area contributed by atoms with E-state index in [1.807, 2.05) is 25.2 Å². The molecule has 0 bridgehead atoms. The number of hydrogen-bond acceptors (Lipinski definition) is 1. The zero-order valence-electron chi connectivity index (χ0n) is 15.8. The number of likely N-dealkylation sites (tertiary alicyclic amines) is 1. The Morgan fingerprint density at radius 3 is 2.41 bits per heavy atom. The summed E-state index contributed by atoms with van der Waals surface area (Å²) < 4.78 is 56.0. The Labute approximate surface area is 165 Å². The van der Waals surface area contributed by atoms with Crippen molar-refractivity contribution in [3.63, 3.8) is 0 Å². The minimum Gasteiger partial charge on any atom is -0.350 e. The number of carbonyl (C=O) groups is 1. The molecule has 0 atom stereocenters. The molecule has 29 heavy (non-hydrogen) atoms. The maximum atomic E-state index is 14.2. The van der Waals surface area contributed by atoms with Gasteiger partial charge in [0.15, 0.2) is 0 Å². The van der Waals surface area contributed by atoms with Crippen molar-refractivity contribution in [2.45, 2.75) is 24.9 Å². The topological polar surface area (TPSA) is 25.2 Å². The molecule has 4 rings (SSSR count). The second-order valence-electron chi connectivity index (χ2n) is 7.44. The van der Waals surface area contributed by atoms with Gasteiger partial charge < -0.3 is 9.47 Å². The third-order valence-electron chi connectivity index (χ3n) is 5.68. The number of piperidine rings is 1. The molecule has 2 aromatic carbocycles. The second-order valence-corrected chi connectivity index (χ2v) is 7.44. The molecule has 1 aliphatic heterocycles. The summed E-state index contributed by atoms with van der Waals surface area (Å²) in [4.78, 5) is 14.1. The number of benzene rings is 2. The quantitative estimate of drug-likeness (QED) is 0.528. The fourth-order valence-electron chi connectivity index (χ4n) is 4.23. The Morgan fingerprint density at radius 1 is 1.03 bits per heavy atom. The number of aromatic nitrogens is 1. The lowest BCUT2D eigenvalue weighted by Gasteiger charge is -2.32. The zero-order chi connectivity index (χ0) is 20.8. The third kappa shape index (κ3) is 3.50. The molecule has 0 aliphatic carbocycles. The van der Waals surface area contributed by atoms with Crippen LogP contribution in [0.5, 0.6) is 0 Å². The van der Waals surface area contributed by atoms with Crippen LogP contribution in [-0.2, 0) is 13.2 Å². The summed E-state index contributed by atoms with van der Waals surface area (Å²) in [5.41, 5.74) is 0.182. The minimum absolute atomic E-state index is 0.202. The SMILES string of the molecule is Cn1cc(C2CCN(C(=O)c3c(F)cccc3C(F)(F)F)CC2)c2ccccc21. The number of alkyl halides is 3. The number of carbonyl (C=O) groups excluding carboxylic acids is 1. The number of aryl methyl sites for hydroxylation is 1. The van der Waals surface area contributed by atoms with Crippen molar-refractivity contribution in [1.82, 2.24) is 9.47 Å². The van der Waals surface area contributed by atoms with Crippen molar-refractivity contribution >= 4 is 16.8 Å². The maximum absolute atomic E-state index is 14.2. The molecular weight excluding hydrogens is 384 g/mol. The summed E-state index contributed by atoms with van der Waals surface area (Å²) in [6.07, 6.45) is -1.47. The van der Waals surface area contributed by atoms with Crippen LogP contribution in [0.15, 0.2) is 48.7 Å². The van der Waals surface area contributed by atoms with E-state index in [-0.39, 0.29) is 5.92 Å². The fraction of sp³-hybridized carbons (Fsp3) is 0.318. The van der Waals surface area contributed by atoms with Crippen LogP contribution in [0.25, 0.3) is 10.9 Å². The van der Waals surface area contributed by atoms with Crippen LogP contribution >= 0.6 is 0 Å². The van der Waals surface area contributed by atoms with E-state index in [1.54, 1.807) is 0 Å².